The molecule has 1 aliphatic rings. The van der Waals surface area contributed by atoms with Crippen molar-refractivity contribution < 1.29 is 24.0 Å². The molecular weight excluding hydrogens is 468 g/mol. The molecule has 0 bridgehead atoms. The fourth-order valence-corrected chi connectivity index (χ4v) is 4.93. The maximum atomic E-state index is 12.8. The van der Waals surface area contributed by atoms with Crippen molar-refractivity contribution in [2.75, 3.05) is 25.9 Å². The lowest BCUT2D eigenvalue weighted by Crippen LogP contribution is -2.50. The number of carbonyl (C=O) groups is 5. The molecule has 0 saturated carbocycles. The van der Waals surface area contributed by atoms with E-state index in [0.29, 0.717) is 6.42 Å². The molecule has 0 aliphatic carbocycles. The Balaban J connectivity index is 2.51. The average molecular weight is 513 g/mol. The first-order chi connectivity index (χ1) is 16.1. The van der Waals surface area contributed by atoms with Crippen LogP contribution in [0, 0.1) is 5.41 Å². The van der Waals surface area contributed by atoms with Crippen LogP contribution in [0.2, 0.25) is 0 Å². The number of hydrogen-bond donors (Lipinski definition) is 2. The highest BCUT2D eigenvalue weighted by atomic mass is 32.2. The molecule has 0 aromatic heterocycles. The SMILES string of the molecule is CN(C(=O)CCCCCSC1CC(=O)N(C(C)(C)C)C1=O)[C@@H](CC(=O)C(C)(C)C)C(=O)NCCN. The lowest BCUT2D eigenvalue weighted by Gasteiger charge is -2.30. The number of carbonyl (C=O) groups excluding carboxylic acids is 5. The lowest BCUT2D eigenvalue weighted by atomic mass is 9.86. The second-order valence-electron chi connectivity index (χ2n) is 11.1. The number of hydrogen-bond acceptors (Lipinski definition) is 7. The van der Waals surface area contributed by atoms with Crippen molar-refractivity contribution in [1.82, 2.24) is 15.1 Å². The molecule has 4 amide bonds. The van der Waals surface area contributed by atoms with Crippen LogP contribution in [-0.2, 0) is 24.0 Å². The monoisotopic (exact) mass is 512 g/mol. The molecular formula is C25H44N4O5S. The summed E-state index contributed by atoms with van der Waals surface area (Å²) in [5.41, 5.74) is 4.35. The highest BCUT2D eigenvalue weighted by Crippen LogP contribution is 2.31. The minimum Gasteiger partial charge on any atom is -0.353 e. The Morgan fingerprint density at radius 3 is 2.26 bits per heavy atom. The summed E-state index contributed by atoms with van der Waals surface area (Å²) in [5, 5.41) is 2.36. The van der Waals surface area contributed by atoms with Crippen LogP contribution in [0.15, 0.2) is 0 Å². The number of rotatable bonds is 13. The molecule has 1 heterocycles. The second kappa shape index (κ2) is 13.4. The maximum absolute atomic E-state index is 12.8. The molecule has 0 aromatic rings. The summed E-state index contributed by atoms with van der Waals surface area (Å²) >= 11 is 1.50. The smallest absolute Gasteiger partial charge is 0.243 e. The third-order valence-electron chi connectivity index (χ3n) is 5.95. The molecule has 200 valence electrons. The fourth-order valence-electron chi connectivity index (χ4n) is 3.77. The molecule has 9 nitrogen and oxygen atoms in total. The number of nitrogens with one attached hydrogen (secondary N) is 1. The molecule has 35 heavy (non-hydrogen) atoms. The van der Waals surface area contributed by atoms with E-state index in [1.54, 1.807) is 27.8 Å². The summed E-state index contributed by atoms with van der Waals surface area (Å²) in [4.78, 5) is 65.4. The fraction of sp³-hybridized carbons (Fsp3) is 0.800. The number of Topliss-reactive ketones (excluding diaryl/α,β-unsaturated/α-hetero) is 1. The number of thioether (sulfide) groups is 1. The first kappa shape index (κ1) is 31.1. The van der Waals surface area contributed by atoms with Crippen molar-refractivity contribution in [3.8, 4) is 0 Å². The van der Waals surface area contributed by atoms with Gasteiger partial charge in [0.1, 0.15) is 11.8 Å². The van der Waals surface area contributed by atoms with Gasteiger partial charge >= 0.3 is 0 Å². The number of imide groups is 1. The van der Waals surface area contributed by atoms with Gasteiger partial charge in [0.15, 0.2) is 0 Å². The Labute approximate surface area is 214 Å². The van der Waals surface area contributed by atoms with Gasteiger partial charge in [-0.25, -0.2) is 0 Å². The summed E-state index contributed by atoms with van der Waals surface area (Å²) in [6.07, 6.45) is 2.71. The number of nitrogens with zero attached hydrogens (tertiary/aromatic N) is 2. The topological polar surface area (TPSA) is 130 Å². The van der Waals surface area contributed by atoms with Crippen LogP contribution in [-0.4, -0.2) is 81.9 Å². The summed E-state index contributed by atoms with van der Waals surface area (Å²) in [7, 11) is 1.56. The maximum Gasteiger partial charge on any atom is 0.243 e. The van der Waals surface area contributed by atoms with Crippen LogP contribution in [0.1, 0.15) is 80.1 Å². The van der Waals surface area contributed by atoms with E-state index in [0.717, 1.165) is 18.6 Å². The Bertz CT molecular complexity index is 788. The molecule has 0 radical (unpaired) electrons. The van der Waals surface area contributed by atoms with Crippen LogP contribution in [0.25, 0.3) is 0 Å². The summed E-state index contributed by atoms with van der Waals surface area (Å²) in [5.74, 6) is -0.163. The third kappa shape index (κ3) is 9.56. The molecule has 1 aliphatic heterocycles. The van der Waals surface area contributed by atoms with Gasteiger partial charge in [-0.15, -0.1) is 11.8 Å². The second-order valence-corrected chi connectivity index (χ2v) is 12.4. The Kier molecular flexibility index (Phi) is 11.9. The number of likely N-dealkylation sites (tertiary alicyclic amines) is 1. The third-order valence-corrected chi connectivity index (χ3v) is 7.25. The number of likely N-dealkylation sites (N-methyl/N-ethyl adjacent to an activating group) is 1. The largest absolute Gasteiger partial charge is 0.353 e. The molecule has 1 rings (SSSR count). The number of ketones is 1. The van der Waals surface area contributed by atoms with Gasteiger partial charge in [0.05, 0.1) is 5.25 Å². The predicted octanol–water partition coefficient (Wildman–Crippen LogP) is 2.11. The summed E-state index contributed by atoms with van der Waals surface area (Å²) in [6, 6.07) is -0.868. The van der Waals surface area contributed by atoms with E-state index in [1.807, 2.05) is 20.8 Å². The quantitative estimate of drug-likeness (QED) is 0.285. The van der Waals surface area contributed by atoms with Crippen LogP contribution in [0.4, 0.5) is 0 Å². The van der Waals surface area contributed by atoms with Gasteiger partial charge in [0, 0.05) is 50.4 Å². The zero-order valence-corrected chi connectivity index (χ0v) is 23.3. The van der Waals surface area contributed by atoms with Crippen molar-refractivity contribution in [1.29, 1.82) is 0 Å². The molecule has 2 atom stereocenters. The minimum absolute atomic E-state index is 0.0431. The van der Waals surface area contributed by atoms with E-state index < -0.39 is 17.0 Å². The molecule has 0 aromatic carbocycles. The highest BCUT2D eigenvalue weighted by Gasteiger charge is 2.44. The molecule has 1 fully saturated rings. The van der Waals surface area contributed by atoms with Crippen LogP contribution >= 0.6 is 11.8 Å². The zero-order chi connectivity index (χ0) is 27.0. The van der Waals surface area contributed by atoms with Crippen molar-refractivity contribution in [3.63, 3.8) is 0 Å². The van der Waals surface area contributed by atoms with Gasteiger partial charge in [-0.05, 0) is 39.4 Å². The van der Waals surface area contributed by atoms with E-state index >= 15 is 0 Å². The van der Waals surface area contributed by atoms with Gasteiger partial charge in [0.2, 0.25) is 23.6 Å². The Morgan fingerprint density at radius 1 is 1.11 bits per heavy atom. The Hall–Kier alpha value is -1.94. The van der Waals surface area contributed by atoms with Gasteiger partial charge in [0.25, 0.3) is 0 Å². The Morgan fingerprint density at radius 2 is 1.74 bits per heavy atom. The lowest BCUT2D eigenvalue weighted by molar-refractivity contribution is -0.143. The number of unbranched alkanes of at least 4 members (excludes halogenated alkanes) is 2. The van der Waals surface area contributed by atoms with E-state index in [9.17, 15) is 24.0 Å². The minimum atomic E-state index is -0.868. The molecule has 1 unspecified atom stereocenters. The van der Waals surface area contributed by atoms with Gasteiger partial charge in [-0.3, -0.25) is 28.9 Å². The van der Waals surface area contributed by atoms with Crippen molar-refractivity contribution in [2.45, 2.75) is 96.9 Å². The van der Waals surface area contributed by atoms with Gasteiger partial charge < -0.3 is 16.0 Å². The number of nitrogens with two attached hydrogens (primary N) is 1. The molecule has 0 spiro atoms. The van der Waals surface area contributed by atoms with E-state index in [2.05, 4.69) is 5.32 Å². The van der Waals surface area contributed by atoms with Crippen LogP contribution < -0.4 is 11.1 Å². The van der Waals surface area contributed by atoms with Crippen molar-refractivity contribution >= 4 is 41.2 Å². The molecule has 10 heteroatoms. The molecule has 1 saturated heterocycles. The van der Waals surface area contributed by atoms with E-state index in [4.69, 9.17) is 5.73 Å². The predicted molar refractivity (Wildman–Crippen MR) is 139 cm³/mol. The first-order valence-corrected chi connectivity index (χ1v) is 13.4. The number of amides is 4. The normalized spacial score (nSPS) is 17.5. The molecule has 3 N–H and O–H groups in total. The van der Waals surface area contributed by atoms with Crippen LogP contribution in [0.3, 0.4) is 0 Å². The van der Waals surface area contributed by atoms with Gasteiger partial charge in [-0.1, -0.05) is 27.2 Å². The summed E-state index contributed by atoms with van der Waals surface area (Å²) < 4.78 is 0. The van der Waals surface area contributed by atoms with Crippen molar-refractivity contribution in [3.05, 3.63) is 0 Å². The van der Waals surface area contributed by atoms with Crippen LogP contribution in [0.5, 0.6) is 0 Å². The first-order valence-electron chi connectivity index (χ1n) is 12.4. The summed E-state index contributed by atoms with van der Waals surface area (Å²) in [6.45, 7) is 11.5. The van der Waals surface area contributed by atoms with Crippen molar-refractivity contribution in [2.24, 2.45) is 11.1 Å². The standard InChI is InChI=1S/C25H44N4O5S/c1-24(2,3)19(30)15-17(22(33)27-13-12-26)28(7)20(31)11-9-8-10-14-35-18-16-21(32)29(23(18)34)25(4,5)6/h17-18H,8-16,26H2,1-7H3,(H,27,33)/t17-,18?/m0/s1. The zero-order valence-electron chi connectivity index (χ0n) is 22.4. The van der Waals surface area contributed by atoms with Gasteiger partial charge in [-0.2, -0.15) is 0 Å². The van der Waals surface area contributed by atoms with E-state index in [-0.39, 0.29) is 67.0 Å². The average Bonchev–Trinajstić information content (AvgIpc) is 3.04. The highest BCUT2D eigenvalue weighted by molar-refractivity contribution is 8.00. The van der Waals surface area contributed by atoms with E-state index in [1.165, 1.54) is 21.6 Å².